The zero-order valence-corrected chi connectivity index (χ0v) is 16.9. The molecule has 0 saturated heterocycles. The van der Waals surface area contributed by atoms with Gasteiger partial charge in [-0.25, -0.2) is 9.89 Å². The van der Waals surface area contributed by atoms with Crippen LogP contribution in [0.1, 0.15) is 43.6 Å². The van der Waals surface area contributed by atoms with Crippen molar-refractivity contribution < 1.29 is 9.32 Å². The summed E-state index contributed by atoms with van der Waals surface area (Å²) in [6.45, 7) is 6.65. The third-order valence-corrected chi connectivity index (χ3v) is 6.12. The minimum Gasteiger partial charge on any atom is -0.361 e. The highest BCUT2D eigenvalue weighted by Crippen LogP contribution is 2.31. The molecule has 0 saturated carbocycles. The van der Waals surface area contributed by atoms with Crippen LogP contribution in [0.15, 0.2) is 14.7 Å². The van der Waals surface area contributed by atoms with E-state index in [1.165, 1.54) is 4.88 Å². The van der Waals surface area contributed by atoms with E-state index in [1.807, 2.05) is 19.2 Å². The minimum absolute atomic E-state index is 0.0551. The second-order valence-corrected chi connectivity index (χ2v) is 8.06. The molecule has 9 nitrogen and oxygen atoms in total. The van der Waals surface area contributed by atoms with Crippen molar-refractivity contribution in [3.8, 4) is 0 Å². The van der Waals surface area contributed by atoms with Gasteiger partial charge in [0.25, 0.3) is 5.91 Å². The topological polar surface area (TPSA) is 111 Å². The summed E-state index contributed by atoms with van der Waals surface area (Å²) in [5.41, 5.74) is 3.58. The molecule has 0 aromatic carbocycles. The average molecular weight is 402 g/mol. The molecule has 4 rings (SSSR count). The SMILES string of the molecule is Cc1noc(C)c1CN1CCc2c(C(=O)N(C)Cc3n[nH]c(=O)[nH]3)csc2C1. The fourth-order valence-electron chi connectivity index (χ4n) is 3.53. The van der Waals surface area contributed by atoms with Crippen molar-refractivity contribution in [1.82, 2.24) is 30.1 Å². The Morgan fingerprint density at radius 3 is 2.93 bits per heavy atom. The Labute approximate surface area is 165 Å². The van der Waals surface area contributed by atoms with Crippen LogP contribution in [0.5, 0.6) is 0 Å². The summed E-state index contributed by atoms with van der Waals surface area (Å²) in [5.74, 6) is 1.25. The average Bonchev–Trinajstić information content (AvgIpc) is 3.36. The van der Waals surface area contributed by atoms with Crippen LogP contribution in [0.3, 0.4) is 0 Å². The third kappa shape index (κ3) is 3.52. The Balaban J connectivity index is 1.46. The van der Waals surface area contributed by atoms with Crippen LogP contribution in [-0.4, -0.2) is 49.6 Å². The standard InChI is InChI=1S/C18H22N6O3S/c1-10-13(11(2)27-22-10)6-24-5-4-12-14(9-28-15(12)7-24)17(25)23(3)8-16-19-18(26)21-20-16/h9H,4-8H2,1-3H3,(H2,19,20,21,26). The third-order valence-electron chi connectivity index (χ3n) is 5.10. The molecule has 2 N–H and O–H groups in total. The molecule has 1 aliphatic rings. The number of carbonyl (C=O) groups excluding carboxylic acids is 1. The minimum atomic E-state index is -0.373. The largest absolute Gasteiger partial charge is 0.361 e. The first kappa shape index (κ1) is 18.6. The fraction of sp³-hybridized carbons (Fsp3) is 0.444. The molecule has 1 amide bonds. The number of rotatable bonds is 5. The molecule has 3 aromatic heterocycles. The van der Waals surface area contributed by atoms with Gasteiger partial charge in [0, 0.05) is 42.5 Å². The lowest BCUT2D eigenvalue weighted by atomic mass is 10.0. The van der Waals surface area contributed by atoms with Crippen LogP contribution in [-0.2, 0) is 26.1 Å². The Morgan fingerprint density at radius 2 is 2.25 bits per heavy atom. The summed E-state index contributed by atoms with van der Waals surface area (Å²) in [6, 6.07) is 0. The predicted octanol–water partition coefficient (Wildman–Crippen LogP) is 1.59. The van der Waals surface area contributed by atoms with Gasteiger partial charge in [-0.2, -0.15) is 5.10 Å². The van der Waals surface area contributed by atoms with Gasteiger partial charge in [-0.05, 0) is 25.8 Å². The summed E-state index contributed by atoms with van der Waals surface area (Å²) >= 11 is 1.63. The van der Waals surface area contributed by atoms with Gasteiger partial charge >= 0.3 is 5.69 Å². The molecule has 10 heteroatoms. The predicted molar refractivity (Wildman–Crippen MR) is 103 cm³/mol. The van der Waals surface area contributed by atoms with Gasteiger partial charge in [0.2, 0.25) is 0 Å². The number of nitrogens with one attached hydrogen (secondary N) is 2. The van der Waals surface area contributed by atoms with Crippen LogP contribution in [0.2, 0.25) is 0 Å². The maximum Gasteiger partial charge on any atom is 0.340 e. The van der Waals surface area contributed by atoms with E-state index < -0.39 is 0 Å². The van der Waals surface area contributed by atoms with Gasteiger partial charge in [0.1, 0.15) is 5.76 Å². The van der Waals surface area contributed by atoms with E-state index in [0.717, 1.165) is 54.2 Å². The van der Waals surface area contributed by atoms with Crippen molar-refractivity contribution in [2.75, 3.05) is 13.6 Å². The van der Waals surface area contributed by atoms with Crippen LogP contribution >= 0.6 is 11.3 Å². The zero-order valence-electron chi connectivity index (χ0n) is 16.0. The maximum absolute atomic E-state index is 12.9. The number of aromatic amines is 2. The second-order valence-electron chi connectivity index (χ2n) is 7.10. The number of hydrogen-bond acceptors (Lipinski definition) is 7. The van der Waals surface area contributed by atoms with Gasteiger partial charge in [0.15, 0.2) is 5.82 Å². The summed E-state index contributed by atoms with van der Waals surface area (Å²) < 4.78 is 5.26. The molecule has 0 radical (unpaired) electrons. The number of H-pyrrole nitrogens is 2. The molecule has 4 heterocycles. The molecule has 148 valence electrons. The number of aryl methyl sites for hydroxylation is 2. The van der Waals surface area contributed by atoms with Gasteiger partial charge in [-0.3, -0.25) is 14.7 Å². The molecule has 28 heavy (non-hydrogen) atoms. The quantitative estimate of drug-likeness (QED) is 0.671. The van der Waals surface area contributed by atoms with E-state index >= 15 is 0 Å². The van der Waals surface area contributed by atoms with Crippen LogP contribution in [0, 0.1) is 13.8 Å². The summed E-state index contributed by atoms with van der Waals surface area (Å²) in [5, 5.41) is 12.1. The lowest BCUT2D eigenvalue weighted by Crippen LogP contribution is -2.32. The summed E-state index contributed by atoms with van der Waals surface area (Å²) in [4.78, 5) is 31.8. The van der Waals surface area contributed by atoms with E-state index in [-0.39, 0.29) is 18.1 Å². The van der Waals surface area contributed by atoms with Crippen LogP contribution in [0.25, 0.3) is 0 Å². The van der Waals surface area contributed by atoms with Gasteiger partial charge < -0.3 is 9.42 Å². The van der Waals surface area contributed by atoms with Crippen molar-refractivity contribution in [3.05, 3.63) is 54.7 Å². The van der Waals surface area contributed by atoms with Crippen LogP contribution in [0.4, 0.5) is 0 Å². The second kappa shape index (κ2) is 7.36. The van der Waals surface area contributed by atoms with Gasteiger partial charge in [-0.15, -0.1) is 11.3 Å². The first-order valence-corrected chi connectivity index (χ1v) is 9.92. The molecule has 0 unspecified atom stereocenters. The van der Waals surface area contributed by atoms with E-state index in [1.54, 1.807) is 23.3 Å². The number of fused-ring (bicyclic) bond motifs is 1. The molecule has 1 aliphatic heterocycles. The van der Waals surface area contributed by atoms with Crippen molar-refractivity contribution in [1.29, 1.82) is 0 Å². The highest BCUT2D eigenvalue weighted by molar-refractivity contribution is 7.10. The molecule has 0 fully saturated rings. The first-order valence-electron chi connectivity index (χ1n) is 9.04. The number of hydrogen-bond donors (Lipinski definition) is 2. The van der Waals surface area contributed by atoms with Crippen molar-refractivity contribution >= 4 is 17.2 Å². The number of nitrogens with zero attached hydrogens (tertiary/aromatic N) is 4. The molecular weight excluding hydrogens is 380 g/mol. The number of amides is 1. The van der Waals surface area contributed by atoms with Gasteiger partial charge in [0.05, 0.1) is 17.8 Å². The van der Waals surface area contributed by atoms with Crippen molar-refractivity contribution in [3.63, 3.8) is 0 Å². The Bertz CT molecular complexity index is 1040. The number of thiophene rings is 1. The number of carbonyl (C=O) groups is 1. The fourth-order valence-corrected chi connectivity index (χ4v) is 4.64. The van der Waals surface area contributed by atoms with Gasteiger partial charge in [-0.1, -0.05) is 5.16 Å². The smallest absolute Gasteiger partial charge is 0.340 e. The molecular formula is C18H22N6O3S. The molecule has 3 aromatic rings. The Morgan fingerprint density at radius 1 is 1.43 bits per heavy atom. The number of aromatic nitrogens is 4. The highest BCUT2D eigenvalue weighted by Gasteiger charge is 2.26. The van der Waals surface area contributed by atoms with Crippen molar-refractivity contribution in [2.45, 2.75) is 39.9 Å². The van der Waals surface area contributed by atoms with Crippen molar-refractivity contribution in [2.24, 2.45) is 0 Å². The summed E-state index contributed by atoms with van der Waals surface area (Å²) in [6.07, 6.45) is 0.830. The van der Waals surface area contributed by atoms with E-state index in [0.29, 0.717) is 5.82 Å². The normalized spacial score (nSPS) is 14.2. The Kier molecular flexibility index (Phi) is 4.90. The Hall–Kier alpha value is -2.72. The molecule has 0 bridgehead atoms. The molecule has 0 spiro atoms. The maximum atomic E-state index is 12.9. The van der Waals surface area contributed by atoms with E-state index in [4.69, 9.17) is 4.52 Å². The molecule has 0 aliphatic carbocycles. The van der Waals surface area contributed by atoms with Crippen LogP contribution < -0.4 is 5.69 Å². The lowest BCUT2D eigenvalue weighted by Gasteiger charge is -2.27. The van der Waals surface area contributed by atoms with E-state index in [9.17, 15) is 9.59 Å². The zero-order chi connectivity index (χ0) is 19.8. The first-order chi connectivity index (χ1) is 13.4. The molecule has 0 atom stereocenters. The monoisotopic (exact) mass is 402 g/mol. The lowest BCUT2D eigenvalue weighted by molar-refractivity contribution is 0.0780. The summed E-state index contributed by atoms with van der Waals surface area (Å²) in [7, 11) is 1.71. The highest BCUT2D eigenvalue weighted by atomic mass is 32.1. The van der Waals surface area contributed by atoms with E-state index in [2.05, 4.69) is 25.2 Å².